The number of aromatic amines is 2. The van der Waals surface area contributed by atoms with Crippen molar-refractivity contribution in [1.82, 2.24) is 30.8 Å². The minimum absolute atomic E-state index is 0.495. The van der Waals surface area contributed by atoms with Crippen molar-refractivity contribution in [2.75, 3.05) is 0 Å². The van der Waals surface area contributed by atoms with Crippen LogP contribution < -0.4 is 0 Å². The maximum atomic E-state index is 3.78. The van der Waals surface area contributed by atoms with Crippen LogP contribution in [0.15, 0.2) is 10.7 Å². The summed E-state index contributed by atoms with van der Waals surface area (Å²) in [6.07, 6.45) is 1.63. The number of hydrogen-bond acceptors (Lipinski definition) is 4. The Hall–Kier alpha value is -1.24. The van der Waals surface area contributed by atoms with Crippen molar-refractivity contribution in [3.05, 3.63) is 10.7 Å². The Morgan fingerprint density at radius 2 is 2.36 bits per heavy atom. The number of nitrogens with one attached hydrogen (secondary N) is 2. The van der Waals surface area contributed by atoms with Gasteiger partial charge in [0.05, 0.1) is 10.7 Å². The first-order valence-corrected chi connectivity index (χ1v) is 3.60. The molecule has 0 saturated heterocycles. The highest BCUT2D eigenvalue weighted by molar-refractivity contribution is 9.10. The van der Waals surface area contributed by atoms with Crippen LogP contribution in [0.1, 0.15) is 0 Å². The normalized spacial score (nSPS) is 10.3. The van der Waals surface area contributed by atoms with Gasteiger partial charge in [0.2, 0.25) is 5.82 Å². The maximum absolute atomic E-state index is 3.78. The van der Waals surface area contributed by atoms with Crippen molar-refractivity contribution in [3.63, 3.8) is 0 Å². The summed E-state index contributed by atoms with van der Waals surface area (Å²) in [6.45, 7) is 0. The fourth-order valence-corrected chi connectivity index (χ4v) is 1.06. The molecule has 6 nitrogen and oxygen atoms in total. The summed E-state index contributed by atoms with van der Waals surface area (Å²) in [5.41, 5.74) is 0.721. The third-order valence-corrected chi connectivity index (χ3v) is 1.76. The van der Waals surface area contributed by atoms with E-state index in [4.69, 9.17) is 0 Å². The van der Waals surface area contributed by atoms with Crippen LogP contribution in [0, 0.1) is 0 Å². The molecule has 0 fully saturated rings. The molecule has 0 unspecified atom stereocenters. The molecule has 2 heterocycles. The van der Waals surface area contributed by atoms with Crippen LogP contribution in [0.25, 0.3) is 11.5 Å². The van der Waals surface area contributed by atoms with E-state index in [9.17, 15) is 0 Å². The molecule has 0 aliphatic carbocycles. The number of rotatable bonds is 1. The molecule has 0 radical (unpaired) electrons. The number of hydrogen-bond donors (Lipinski definition) is 2. The Labute approximate surface area is 69.5 Å². The number of H-pyrrole nitrogens is 2. The number of tetrazole rings is 1. The SMILES string of the molecule is Brc1cn[nH]c1-c1nn[nH]n1. The lowest BCUT2D eigenvalue weighted by atomic mass is 10.4. The van der Waals surface area contributed by atoms with Gasteiger partial charge in [0.15, 0.2) is 0 Å². The summed E-state index contributed by atoms with van der Waals surface area (Å²) in [6, 6.07) is 0. The van der Waals surface area contributed by atoms with Crippen molar-refractivity contribution in [1.29, 1.82) is 0 Å². The first-order chi connectivity index (χ1) is 5.38. The molecule has 0 spiro atoms. The molecule has 0 aliphatic heterocycles. The predicted octanol–water partition coefficient (Wildman–Crippen LogP) is 0.352. The number of nitrogens with zero attached hydrogens (tertiary/aromatic N) is 4. The zero-order valence-corrected chi connectivity index (χ0v) is 6.83. The lowest BCUT2D eigenvalue weighted by Gasteiger charge is -1.85. The Balaban J connectivity index is 2.53. The second-order valence-electron chi connectivity index (χ2n) is 1.83. The first-order valence-electron chi connectivity index (χ1n) is 2.80. The fourth-order valence-electron chi connectivity index (χ4n) is 0.696. The molecule has 7 heteroatoms. The van der Waals surface area contributed by atoms with E-state index in [2.05, 4.69) is 46.8 Å². The average Bonchev–Trinajstić information content (AvgIpc) is 2.55. The average molecular weight is 215 g/mol. The molecule has 0 bridgehead atoms. The van der Waals surface area contributed by atoms with Crippen LogP contribution in [0.3, 0.4) is 0 Å². The Kier molecular flexibility index (Phi) is 1.42. The van der Waals surface area contributed by atoms with Crippen molar-refractivity contribution >= 4 is 15.9 Å². The van der Waals surface area contributed by atoms with Crippen molar-refractivity contribution in [2.24, 2.45) is 0 Å². The molecule has 2 aromatic rings. The van der Waals surface area contributed by atoms with E-state index in [0.717, 1.165) is 10.2 Å². The van der Waals surface area contributed by atoms with E-state index in [1.807, 2.05) is 0 Å². The second kappa shape index (κ2) is 2.42. The van der Waals surface area contributed by atoms with Gasteiger partial charge in [0, 0.05) is 0 Å². The molecular formula is C4H3BrN6. The zero-order valence-electron chi connectivity index (χ0n) is 5.24. The van der Waals surface area contributed by atoms with Crippen LogP contribution in [-0.4, -0.2) is 30.8 Å². The van der Waals surface area contributed by atoms with Gasteiger partial charge in [-0.05, 0) is 21.1 Å². The maximum Gasteiger partial charge on any atom is 0.223 e. The molecule has 11 heavy (non-hydrogen) atoms. The molecule has 0 aliphatic rings. The molecule has 0 saturated carbocycles. The summed E-state index contributed by atoms with van der Waals surface area (Å²) in [4.78, 5) is 0. The van der Waals surface area contributed by atoms with Crippen molar-refractivity contribution in [2.45, 2.75) is 0 Å². The van der Waals surface area contributed by atoms with Crippen LogP contribution in [0.2, 0.25) is 0 Å². The molecule has 56 valence electrons. The van der Waals surface area contributed by atoms with Gasteiger partial charge in [-0.3, -0.25) is 5.10 Å². The summed E-state index contributed by atoms with van der Waals surface area (Å²) in [5.74, 6) is 0.495. The Morgan fingerprint density at radius 3 is 2.91 bits per heavy atom. The van der Waals surface area contributed by atoms with Crippen LogP contribution >= 0.6 is 15.9 Å². The standard InChI is InChI=1S/C4H3BrN6/c5-2-1-6-7-3(2)4-8-10-11-9-4/h1H,(H,6,7)(H,8,9,10,11). The minimum atomic E-state index is 0.495. The zero-order chi connectivity index (χ0) is 7.68. The Morgan fingerprint density at radius 1 is 1.45 bits per heavy atom. The van der Waals surface area contributed by atoms with Gasteiger partial charge in [-0.25, -0.2) is 0 Å². The van der Waals surface area contributed by atoms with Crippen LogP contribution in [0.5, 0.6) is 0 Å². The molecular weight excluding hydrogens is 212 g/mol. The van der Waals surface area contributed by atoms with E-state index in [1.165, 1.54) is 0 Å². The van der Waals surface area contributed by atoms with Gasteiger partial charge >= 0.3 is 0 Å². The lowest BCUT2D eigenvalue weighted by Crippen LogP contribution is -1.81. The van der Waals surface area contributed by atoms with E-state index in [-0.39, 0.29) is 0 Å². The molecule has 2 rings (SSSR count). The summed E-state index contributed by atoms with van der Waals surface area (Å²) in [7, 11) is 0. The van der Waals surface area contributed by atoms with Gasteiger partial charge in [-0.2, -0.15) is 10.3 Å². The molecule has 0 atom stereocenters. The van der Waals surface area contributed by atoms with Crippen molar-refractivity contribution < 1.29 is 0 Å². The third kappa shape index (κ3) is 1.03. The molecule has 0 aromatic carbocycles. The minimum Gasteiger partial charge on any atom is -0.273 e. The topological polar surface area (TPSA) is 83.1 Å². The fraction of sp³-hybridized carbons (Fsp3) is 0. The molecule has 2 aromatic heterocycles. The lowest BCUT2D eigenvalue weighted by molar-refractivity contribution is 0.881. The highest BCUT2D eigenvalue weighted by Gasteiger charge is 2.08. The Bertz CT molecular complexity index is 337. The van der Waals surface area contributed by atoms with Gasteiger partial charge in [0.25, 0.3) is 0 Å². The molecule has 2 N–H and O–H groups in total. The number of halogens is 1. The van der Waals surface area contributed by atoms with Gasteiger partial charge in [-0.1, -0.05) is 0 Å². The summed E-state index contributed by atoms with van der Waals surface area (Å²) < 4.78 is 0.818. The third-order valence-electron chi connectivity index (χ3n) is 1.16. The first kappa shape index (κ1) is 6.47. The van der Waals surface area contributed by atoms with E-state index in [1.54, 1.807) is 6.20 Å². The van der Waals surface area contributed by atoms with Crippen molar-refractivity contribution in [3.8, 4) is 11.5 Å². The second-order valence-corrected chi connectivity index (χ2v) is 2.68. The van der Waals surface area contributed by atoms with E-state index < -0.39 is 0 Å². The quantitative estimate of drug-likeness (QED) is 0.718. The summed E-state index contributed by atoms with van der Waals surface area (Å²) in [5, 5.41) is 19.8. The monoisotopic (exact) mass is 214 g/mol. The number of aromatic nitrogens is 6. The molecule has 0 amide bonds. The van der Waals surface area contributed by atoms with E-state index in [0.29, 0.717) is 5.82 Å². The van der Waals surface area contributed by atoms with Crippen LogP contribution in [-0.2, 0) is 0 Å². The highest BCUT2D eigenvalue weighted by atomic mass is 79.9. The summed E-state index contributed by atoms with van der Waals surface area (Å²) >= 11 is 3.27. The predicted molar refractivity (Wildman–Crippen MR) is 39.5 cm³/mol. The largest absolute Gasteiger partial charge is 0.273 e. The van der Waals surface area contributed by atoms with Gasteiger partial charge in [0.1, 0.15) is 5.69 Å². The van der Waals surface area contributed by atoms with Gasteiger partial charge < -0.3 is 0 Å². The highest BCUT2D eigenvalue weighted by Crippen LogP contribution is 2.20. The smallest absolute Gasteiger partial charge is 0.223 e. The van der Waals surface area contributed by atoms with Crippen LogP contribution in [0.4, 0.5) is 0 Å². The van der Waals surface area contributed by atoms with E-state index >= 15 is 0 Å². The van der Waals surface area contributed by atoms with Gasteiger partial charge in [-0.15, -0.1) is 10.2 Å².